The summed E-state index contributed by atoms with van der Waals surface area (Å²) < 4.78 is 67.9. The van der Waals surface area contributed by atoms with Crippen LogP contribution < -0.4 is 10.7 Å². The average molecular weight is 489 g/mol. The summed E-state index contributed by atoms with van der Waals surface area (Å²) >= 11 is 0. The van der Waals surface area contributed by atoms with Gasteiger partial charge in [-0.15, -0.1) is 5.10 Å². The van der Waals surface area contributed by atoms with Gasteiger partial charge in [0.25, 0.3) is 0 Å². The molecule has 0 bridgehead atoms. The van der Waals surface area contributed by atoms with Gasteiger partial charge in [-0.1, -0.05) is 6.07 Å². The lowest BCUT2D eigenvalue weighted by Crippen LogP contribution is -2.25. The Bertz CT molecular complexity index is 1490. The molecule has 11 heteroatoms. The molecule has 0 radical (unpaired) electrons. The van der Waals surface area contributed by atoms with Crippen LogP contribution in [0.4, 0.5) is 22.0 Å². The highest BCUT2D eigenvalue weighted by molar-refractivity contribution is 5.82. The summed E-state index contributed by atoms with van der Waals surface area (Å²) in [5, 5.41) is 7.97. The molecule has 1 unspecified atom stereocenters. The molecule has 0 saturated carbocycles. The average Bonchev–Trinajstić information content (AvgIpc) is 3.06. The topological polar surface area (TPSA) is 75.6 Å². The zero-order valence-corrected chi connectivity index (χ0v) is 18.5. The molecule has 0 fully saturated rings. The highest BCUT2D eigenvalue weighted by atomic mass is 19.4. The molecule has 5 rings (SSSR count). The van der Waals surface area contributed by atoms with Crippen molar-refractivity contribution in [3.8, 4) is 11.5 Å². The van der Waals surface area contributed by atoms with Gasteiger partial charge in [0, 0.05) is 23.9 Å². The number of pyridine rings is 1. The quantitative estimate of drug-likeness (QED) is 0.420. The van der Waals surface area contributed by atoms with Gasteiger partial charge >= 0.3 is 6.18 Å². The maximum absolute atomic E-state index is 14.1. The minimum absolute atomic E-state index is 0.154. The van der Waals surface area contributed by atoms with Crippen LogP contribution in [0.5, 0.6) is 0 Å². The molecule has 35 heavy (non-hydrogen) atoms. The largest absolute Gasteiger partial charge is 0.393 e. The third-order valence-corrected chi connectivity index (χ3v) is 6.06. The minimum Gasteiger partial charge on any atom is -0.351 e. The highest BCUT2D eigenvalue weighted by Gasteiger charge is 2.29. The van der Waals surface area contributed by atoms with E-state index in [0.29, 0.717) is 41.1 Å². The van der Waals surface area contributed by atoms with Crippen molar-refractivity contribution in [2.75, 3.05) is 6.54 Å². The number of halogens is 5. The second kappa shape index (κ2) is 8.56. The number of hydrogen-bond donors (Lipinski definition) is 2. The van der Waals surface area contributed by atoms with Crippen LogP contribution in [0.3, 0.4) is 0 Å². The molecular weight excluding hydrogens is 469 g/mol. The fraction of sp³-hybridized carbons (Fsp3) is 0.292. The third-order valence-electron chi connectivity index (χ3n) is 6.06. The van der Waals surface area contributed by atoms with Crippen molar-refractivity contribution in [1.82, 2.24) is 25.1 Å². The maximum atomic E-state index is 14.1. The number of alkyl halides is 3. The number of H-pyrrole nitrogens is 1. The van der Waals surface area contributed by atoms with Crippen LogP contribution in [0.15, 0.2) is 41.2 Å². The lowest BCUT2D eigenvalue weighted by atomic mass is 10.0. The van der Waals surface area contributed by atoms with Crippen LogP contribution in [0.25, 0.3) is 22.4 Å². The maximum Gasteiger partial charge on any atom is 0.393 e. The van der Waals surface area contributed by atoms with Crippen molar-refractivity contribution in [2.24, 2.45) is 0 Å². The zero-order chi connectivity index (χ0) is 24.9. The fourth-order valence-corrected chi connectivity index (χ4v) is 4.42. The summed E-state index contributed by atoms with van der Waals surface area (Å²) in [6.45, 7) is 2.25. The lowest BCUT2D eigenvalue weighted by Gasteiger charge is -2.18. The highest BCUT2D eigenvalue weighted by Crippen LogP contribution is 2.27. The van der Waals surface area contributed by atoms with Gasteiger partial charge in [-0.2, -0.15) is 13.2 Å². The van der Waals surface area contributed by atoms with E-state index in [1.807, 2.05) is 0 Å². The first-order valence-corrected chi connectivity index (χ1v) is 10.9. The Morgan fingerprint density at radius 2 is 1.91 bits per heavy atom. The summed E-state index contributed by atoms with van der Waals surface area (Å²) in [5.41, 5.74) is 1.07. The van der Waals surface area contributed by atoms with Crippen molar-refractivity contribution in [3.63, 3.8) is 0 Å². The van der Waals surface area contributed by atoms with E-state index in [1.165, 1.54) is 30.3 Å². The Kier molecular flexibility index (Phi) is 5.66. The van der Waals surface area contributed by atoms with Gasteiger partial charge in [0.2, 0.25) is 0 Å². The molecule has 0 saturated heterocycles. The van der Waals surface area contributed by atoms with Gasteiger partial charge in [0.05, 0.1) is 30.2 Å². The van der Waals surface area contributed by atoms with Crippen molar-refractivity contribution >= 4 is 10.9 Å². The predicted octanol–water partition coefficient (Wildman–Crippen LogP) is 4.37. The van der Waals surface area contributed by atoms with Crippen LogP contribution in [-0.2, 0) is 19.4 Å². The monoisotopic (exact) mass is 489 g/mol. The van der Waals surface area contributed by atoms with Crippen LogP contribution in [0.1, 0.15) is 28.6 Å². The van der Waals surface area contributed by atoms with Gasteiger partial charge in [-0.05, 0) is 48.4 Å². The van der Waals surface area contributed by atoms with Crippen molar-refractivity contribution in [2.45, 2.75) is 38.5 Å². The Balaban J connectivity index is 1.50. The van der Waals surface area contributed by atoms with Crippen molar-refractivity contribution < 1.29 is 22.0 Å². The van der Waals surface area contributed by atoms with Crippen molar-refractivity contribution in [1.29, 1.82) is 0 Å². The van der Waals surface area contributed by atoms with E-state index in [1.54, 1.807) is 11.6 Å². The van der Waals surface area contributed by atoms with E-state index in [9.17, 15) is 26.7 Å². The van der Waals surface area contributed by atoms with Crippen LogP contribution in [0.2, 0.25) is 0 Å². The smallest absolute Gasteiger partial charge is 0.351 e. The minimum atomic E-state index is -4.45. The van der Waals surface area contributed by atoms with E-state index >= 15 is 0 Å². The van der Waals surface area contributed by atoms with Gasteiger partial charge in [-0.3, -0.25) is 4.79 Å². The number of aromatic amines is 1. The summed E-state index contributed by atoms with van der Waals surface area (Å²) in [6.07, 6.45) is -5.20. The molecule has 4 aromatic rings. The molecule has 0 amide bonds. The molecular formula is C24H20F5N5O. The van der Waals surface area contributed by atoms with Crippen LogP contribution in [0, 0.1) is 18.6 Å². The SMILES string of the molecule is Cc1c(-c2nc3n(n2)CC(c2cc(F)cc(CC(F)(F)F)c2)NCC3)[nH]c2ccc(F)cc2c1=O. The second-order valence-electron chi connectivity index (χ2n) is 8.62. The van der Waals surface area contributed by atoms with E-state index in [-0.39, 0.29) is 28.7 Å². The number of nitrogens with one attached hydrogen (secondary N) is 2. The van der Waals surface area contributed by atoms with Crippen molar-refractivity contribution in [3.05, 3.63) is 80.8 Å². The number of aromatic nitrogens is 4. The van der Waals surface area contributed by atoms with Crippen LogP contribution >= 0.6 is 0 Å². The van der Waals surface area contributed by atoms with E-state index in [4.69, 9.17) is 0 Å². The standard InChI is InChI=1S/C24H20F5N5O/c1-12-21(31-18-3-2-15(25)9-17(18)22(12)35)23-32-20-4-5-30-19(11-34(20)33-23)14-6-13(7-16(26)8-14)10-24(27,28)29/h2-3,6-9,19,30H,4-5,10-11H2,1H3,(H,31,35). The fourth-order valence-electron chi connectivity index (χ4n) is 4.42. The molecule has 1 atom stereocenters. The molecule has 6 nitrogen and oxygen atoms in total. The summed E-state index contributed by atoms with van der Waals surface area (Å²) in [7, 11) is 0. The zero-order valence-electron chi connectivity index (χ0n) is 18.5. The predicted molar refractivity (Wildman–Crippen MR) is 119 cm³/mol. The number of hydrogen-bond acceptors (Lipinski definition) is 4. The Morgan fingerprint density at radius 3 is 2.69 bits per heavy atom. The molecule has 2 aromatic carbocycles. The molecule has 0 spiro atoms. The van der Waals surface area contributed by atoms with E-state index in [0.717, 1.165) is 6.07 Å². The number of rotatable bonds is 3. The van der Waals surface area contributed by atoms with Gasteiger partial charge in [0.15, 0.2) is 11.3 Å². The molecule has 182 valence electrons. The van der Waals surface area contributed by atoms with Gasteiger partial charge in [-0.25, -0.2) is 18.4 Å². The number of fused-ring (bicyclic) bond motifs is 2. The Hall–Kier alpha value is -3.60. The first-order chi connectivity index (χ1) is 16.6. The summed E-state index contributed by atoms with van der Waals surface area (Å²) in [6, 6.07) is 6.84. The number of nitrogens with zero attached hydrogens (tertiary/aromatic N) is 3. The molecule has 2 aromatic heterocycles. The second-order valence-corrected chi connectivity index (χ2v) is 8.62. The van der Waals surface area contributed by atoms with Gasteiger partial charge in [0.1, 0.15) is 17.5 Å². The summed E-state index contributed by atoms with van der Waals surface area (Å²) in [4.78, 5) is 20.5. The van der Waals surface area contributed by atoms with E-state index < -0.39 is 30.3 Å². The third kappa shape index (κ3) is 4.68. The molecule has 1 aliphatic heterocycles. The molecule has 0 aliphatic carbocycles. The van der Waals surface area contributed by atoms with E-state index in [2.05, 4.69) is 20.4 Å². The van der Waals surface area contributed by atoms with Crippen LogP contribution in [-0.4, -0.2) is 32.5 Å². The Morgan fingerprint density at radius 1 is 1.11 bits per heavy atom. The normalized spacial score (nSPS) is 16.3. The first kappa shape index (κ1) is 23.2. The molecule has 1 aliphatic rings. The summed E-state index contributed by atoms with van der Waals surface area (Å²) in [5.74, 6) is -0.371. The Labute approximate surface area is 195 Å². The molecule has 2 N–H and O–H groups in total. The molecule has 3 heterocycles. The number of benzene rings is 2. The first-order valence-electron chi connectivity index (χ1n) is 10.9. The van der Waals surface area contributed by atoms with Gasteiger partial charge < -0.3 is 10.3 Å². The lowest BCUT2D eigenvalue weighted by molar-refractivity contribution is -0.127.